The minimum absolute atomic E-state index is 0.200. The van der Waals surface area contributed by atoms with Crippen LogP contribution in [0.2, 0.25) is 5.02 Å². The van der Waals surface area contributed by atoms with Crippen LogP contribution in [-0.2, 0) is 4.33 Å². The highest BCUT2D eigenvalue weighted by Crippen LogP contribution is 2.56. The molecule has 0 N–H and O–H groups in total. The van der Waals surface area contributed by atoms with Crippen LogP contribution < -0.4 is 0 Å². The molecule has 0 amide bonds. The summed E-state index contributed by atoms with van der Waals surface area (Å²) in [6.45, 7) is 0. The van der Waals surface area contributed by atoms with Crippen molar-refractivity contribution in [2.24, 2.45) is 0 Å². The Morgan fingerprint density at radius 2 is 1.64 bits per heavy atom. The number of hydrogen-bond donors (Lipinski definition) is 0. The summed E-state index contributed by atoms with van der Waals surface area (Å²) in [4.78, 5) is 0. The molecule has 0 atom stereocenters. The lowest BCUT2D eigenvalue weighted by Crippen LogP contribution is -2.06. The first-order valence-electron chi connectivity index (χ1n) is 3.69. The zero-order valence-electron chi connectivity index (χ0n) is 6.62. The van der Waals surface area contributed by atoms with E-state index < -0.39 is 4.33 Å². The standard InChI is InChI=1S/C9H3Cl5/c10-5-3-1-2-4-6(5)7(11)8(12)9(4,13)14/h1-3H. The Morgan fingerprint density at radius 1 is 1.00 bits per heavy atom. The van der Waals surface area contributed by atoms with Crippen LogP contribution in [0, 0.1) is 0 Å². The normalized spacial score (nSPS) is 18.6. The summed E-state index contributed by atoms with van der Waals surface area (Å²) < 4.78 is -1.28. The highest BCUT2D eigenvalue weighted by molar-refractivity contribution is 6.65. The molecule has 0 saturated heterocycles. The first-order chi connectivity index (χ1) is 6.46. The van der Waals surface area contributed by atoms with Crippen molar-refractivity contribution in [1.82, 2.24) is 0 Å². The van der Waals surface area contributed by atoms with E-state index in [1.54, 1.807) is 18.2 Å². The second-order valence-electron chi connectivity index (χ2n) is 2.86. The van der Waals surface area contributed by atoms with Gasteiger partial charge in [0.2, 0.25) is 0 Å². The van der Waals surface area contributed by atoms with Gasteiger partial charge in [-0.2, -0.15) is 0 Å². The van der Waals surface area contributed by atoms with E-state index in [-0.39, 0.29) is 5.03 Å². The number of rotatable bonds is 0. The van der Waals surface area contributed by atoms with Crippen molar-refractivity contribution < 1.29 is 0 Å². The highest BCUT2D eigenvalue weighted by atomic mass is 35.5. The molecule has 0 spiro atoms. The third-order valence-electron chi connectivity index (χ3n) is 2.04. The van der Waals surface area contributed by atoms with Gasteiger partial charge in [0.25, 0.3) is 0 Å². The second kappa shape index (κ2) is 3.47. The van der Waals surface area contributed by atoms with Crippen LogP contribution in [0.15, 0.2) is 23.2 Å². The summed E-state index contributed by atoms with van der Waals surface area (Å²) in [6.07, 6.45) is 0. The molecule has 1 aromatic rings. The summed E-state index contributed by atoms with van der Waals surface area (Å²) in [7, 11) is 0. The number of benzene rings is 1. The van der Waals surface area contributed by atoms with Crippen LogP contribution in [0.5, 0.6) is 0 Å². The van der Waals surface area contributed by atoms with Crippen molar-refractivity contribution in [3.63, 3.8) is 0 Å². The molecule has 0 heterocycles. The monoisotopic (exact) mass is 286 g/mol. The van der Waals surface area contributed by atoms with Crippen molar-refractivity contribution in [2.45, 2.75) is 4.33 Å². The zero-order valence-corrected chi connectivity index (χ0v) is 10.4. The smallest absolute Gasteiger partial charge is 0.0898 e. The van der Waals surface area contributed by atoms with E-state index in [0.29, 0.717) is 21.2 Å². The Morgan fingerprint density at radius 3 is 2.21 bits per heavy atom. The fraction of sp³-hybridized carbons (Fsp3) is 0.111. The topological polar surface area (TPSA) is 0 Å². The van der Waals surface area contributed by atoms with E-state index in [0.717, 1.165) is 0 Å². The van der Waals surface area contributed by atoms with E-state index in [9.17, 15) is 0 Å². The molecule has 0 unspecified atom stereocenters. The van der Waals surface area contributed by atoms with Gasteiger partial charge in [-0.1, -0.05) is 70.1 Å². The van der Waals surface area contributed by atoms with Gasteiger partial charge in [-0.05, 0) is 6.07 Å². The number of fused-ring (bicyclic) bond motifs is 1. The molecule has 1 aliphatic carbocycles. The molecule has 0 nitrogen and oxygen atoms in total. The van der Waals surface area contributed by atoms with E-state index in [1.807, 2.05) is 0 Å². The Kier molecular flexibility index (Phi) is 2.70. The summed E-state index contributed by atoms with van der Waals surface area (Å²) in [5, 5.41) is 1.01. The maximum absolute atomic E-state index is 6.05. The van der Waals surface area contributed by atoms with Crippen molar-refractivity contribution in [1.29, 1.82) is 0 Å². The Hall–Kier alpha value is 0.410. The van der Waals surface area contributed by atoms with Crippen LogP contribution in [0.1, 0.15) is 11.1 Å². The van der Waals surface area contributed by atoms with Crippen molar-refractivity contribution >= 4 is 63.0 Å². The summed E-state index contributed by atoms with van der Waals surface area (Å²) >= 11 is 30.0. The number of allylic oxidation sites excluding steroid dienone is 1. The largest absolute Gasteiger partial charge is 0.180 e. The number of hydrogen-bond acceptors (Lipinski definition) is 0. The average molecular weight is 288 g/mol. The van der Waals surface area contributed by atoms with E-state index in [4.69, 9.17) is 58.0 Å². The Bertz CT molecular complexity index is 433. The third kappa shape index (κ3) is 1.36. The Labute approximate surface area is 106 Å². The molecule has 5 heteroatoms. The van der Waals surface area contributed by atoms with Crippen LogP contribution in [-0.4, -0.2) is 0 Å². The predicted octanol–water partition coefficient (Wildman–Crippen LogP) is 5.13. The number of halogens is 5. The summed E-state index contributed by atoms with van der Waals surface area (Å²) in [5.74, 6) is 0. The minimum Gasteiger partial charge on any atom is -0.0898 e. The molecule has 0 aromatic heterocycles. The third-order valence-corrected chi connectivity index (χ3v) is 4.28. The van der Waals surface area contributed by atoms with Crippen LogP contribution in [0.4, 0.5) is 0 Å². The highest BCUT2D eigenvalue weighted by Gasteiger charge is 2.42. The fourth-order valence-corrected chi connectivity index (χ4v) is 2.83. The van der Waals surface area contributed by atoms with Crippen molar-refractivity contribution in [3.05, 3.63) is 39.4 Å². The fourth-order valence-electron chi connectivity index (χ4n) is 1.37. The van der Waals surface area contributed by atoms with Gasteiger partial charge < -0.3 is 0 Å². The molecule has 1 aromatic carbocycles. The lowest BCUT2D eigenvalue weighted by atomic mass is 10.1. The minimum atomic E-state index is -1.28. The van der Waals surface area contributed by atoms with Gasteiger partial charge in [-0.15, -0.1) is 0 Å². The maximum atomic E-state index is 6.05. The first kappa shape index (κ1) is 10.9. The van der Waals surface area contributed by atoms with Crippen molar-refractivity contribution in [3.8, 4) is 0 Å². The van der Waals surface area contributed by atoms with E-state index in [2.05, 4.69) is 0 Å². The van der Waals surface area contributed by atoms with Crippen LogP contribution in [0.3, 0.4) is 0 Å². The first-order valence-corrected chi connectivity index (χ1v) is 5.58. The zero-order chi connectivity index (χ0) is 10.5. The molecule has 0 fully saturated rings. The molecule has 0 aliphatic heterocycles. The molecule has 1 aliphatic rings. The van der Waals surface area contributed by atoms with Gasteiger partial charge in [-0.25, -0.2) is 0 Å². The average Bonchev–Trinajstić information content (AvgIpc) is 2.30. The quantitative estimate of drug-likeness (QED) is 0.580. The number of alkyl halides is 2. The predicted molar refractivity (Wildman–Crippen MR) is 63.5 cm³/mol. The Balaban J connectivity index is 2.80. The molecular formula is C9H3Cl5. The second-order valence-corrected chi connectivity index (χ2v) is 5.36. The maximum Gasteiger partial charge on any atom is 0.180 e. The van der Waals surface area contributed by atoms with Crippen LogP contribution in [0.25, 0.3) is 5.03 Å². The van der Waals surface area contributed by atoms with Gasteiger partial charge in [0.1, 0.15) is 0 Å². The van der Waals surface area contributed by atoms with Gasteiger partial charge in [0.15, 0.2) is 4.33 Å². The van der Waals surface area contributed by atoms with Crippen LogP contribution >= 0.6 is 58.0 Å². The molecule has 0 bridgehead atoms. The van der Waals surface area contributed by atoms with Crippen molar-refractivity contribution in [2.75, 3.05) is 0 Å². The van der Waals surface area contributed by atoms with E-state index >= 15 is 0 Å². The summed E-state index contributed by atoms with van der Waals surface area (Å²) in [6, 6.07) is 5.21. The summed E-state index contributed by atoms with van der Waals surface area (Å²) in [5.41, 5.74) is 1.24. The molecular weight excluding hydrogens is 285 g/mol. The molecule has 2 rings (SSSR count). The van der Waals surface area contributed by atoms with Gasteiger partial charge in [0.05, 0.1) is 10.1 Å². The molecule has 74 valence electrons. The SMILES string of the molecule is ClC1=C(Cl)C(Cl)(Cl)c2cccc(Cl)c21. The van der Waals surface area contributed by atoms with Gasteiger partial charge >= 0.3 is 0 Å². The molecule has 0 radical (unpaired) electrons. The van der Waals surface area contributed by atoms with E-state index in [1.165, 1.54) is 0 Å². The van der Waals surface area contributed by atoms with Gasteiger partial charge in [-0.3, -0.25) is 0 Å². The van der Waals surface area contributed by atoms with Gasteiger partial charge in [0, 0.05) is 16.1 Å². The molecule has 0 saturated carbocycles. The lowest BCUT2D eigenvalue weighted by Gasteiger charge is -2.14. The molecule has 14 heavy (non-hydrogen) atoms. The lowest BCUT2D eigenvalue weighted by molar-refractivity contribution is 1.11.